The molecule has 0 bridgehead atoms. The van der Waals surface area contributed by atoms with E-state index in [1.54, 1.807) is 6.92 Å². The summed E-state index contributed by atoms with van der Waals surface area (Å²) in [6.45, 7) is 7.77. The van der Waals surface area contributed by atoms with E-state index in [9.17, 15) is 10.2 Å². The zero-order valence-corrected chi connectivity index (χ0v) is 9.38. The van der Waals surface area contributed by atoms with Crippen molar-refractivity contribution >= 4 is 0 Å². The highest BCUT2D eigenvalue weighted by molar-refractivity contribution is 4.82. The van der Waals surface area contributed by atoms with E-state index < -0.39 is 5.60 Å². The van der Waals surface area contributed by atoms with Gasteiger partial charge in [-0.05, 0) is 19.8 Å². The second kappa shape index (κ2) is 5.61. The molecule has 80 valence electrons. The molecule has 0 aliphatic heterocycles. The highest BCUT2D eigenvalue weighted by atomic mass is 16.3. The first kappa shape index (κ1) is 12.9. The Morgan fingerprint density at radius 1 is 1.31 bits per heavy atom. The lowest BCUT2D eigenvalue weighted by atomic mass is 9.82. The summed E-state index contributed by atoms with van der Waals surface area (Å²) >= 11 is 0. The predicted molar refractivity (Wildman–Crippen MR) is 55.6 cm³/mol. The maximum Gasteiger partial charge on any atom is 0.0667 e. The summed E-state index contributed by atoms with van der Waals surface area (Å²) in [5.74, 6) is -0.0379. The van der Waals surface area contributed by atoms with Gasteiger partial charge in [0.2, 0.25) is 0 Å². The fraction of sp³-hybridized carbons (Fsp3) is 1.00. The topological polar surface area (TPSA) is 40.5 Å². The lowest BCUT2D eigenvalue weighted by Crippen LogP contribution is -2.39. The van der Waals surface area contributed by atoms with Crippen LogP contribution in [0.25, 0.3) is 0 Å². The van der Waals surface area contributed by atoms with Crippen molar-refractivity contribution in [2.75, 3.05) is 0 Å². The molecule has 0 aliphatic carbocycles. The lowest BCUT2D eigenvalue weighted by Gasteiger charge is -2.32. The van der Waals surface area contributed by atoms with E-state index in [1.165, 1.54) is 0 Å². The summed E-state index contributed by atoms with van der Waals surface area (Å²) in [6, 6.07) is 0. The third-order valence-corrected chi connectivity index (χ3v) is 3.13. The molecule has 2 nitrogen and oxygen atoms in total. The van der Waals surface area contributed by atoms with Crippen LogP contribution in [0.2, 0.25) is 0 Å². The van der Waals surface area contributed by atoms with E-state index in [4.69, 9.17) is 0 Å². The minimum Gasteiger partial charge on any atom is -0.393 e. The summed E-state index contributed by atoms with van der Waals surface area (Å²) in [7, 11) is 0. The Labute approximate surface area is 82.0 Å². The van der Waals surface area contributed by atoms with Crippen LogP contribution in [0.1, 0.15) is 53.4 Å². The number of rotatable bonds is 6. The molecule has 0 aromatic rings. The van der Waals surface area contributed by atoms with Crippen LogP contribution in [0.15, 0.2) is 0 Å². The summed E-state index contributed by atoms with van der Waals surface area (Å²) < 4.78 is 0. The number of aliphatic hydroxyl groups excluding tert-OH is 1. The molecule has 0 spiro atoms. The summed E-state index contributed by atoms with van der Waals surface area (Å²) in [5, 5.41) is 19.7. The average molecular weight is 188 g/mol. The van der Waals surface area contributed by atoms with Crippen LogP contribution in [-0.2, 0) is 0 Å². The molecule has 3 atom stereocenters. The number of aliphatic hydroxyl groups is 2. The standard InChI is InChI=1S/C11H24O2/c1-5-7-8-10(12)9(3)11(4,13)6-2/h9-10,12-13H,5-8H2,1-4H3. The highest BCUT2D eigenvalue weighted by Gasteiger charge is 2.31. The SMILES string of the molecule is CCCCC(O)C(C)C(C)(O)CC. The zero-order valence-electron chi connectivity index (χ0n) is 9.38. The Hall–Kier alpha value is -0.0800. The third kappa shape index (κ3) is 4.10. The molecule has 0 aromatic heterocycles. The second-order valence-electron chi connectivity index (χ2n) is 4.21. The van der Waals surface area contributed by atoms with E-state index in [0.29, 0.717) is 6.42 Å². The number of unbranched alkanes of at least 4 members (excludes halogenated alkanes) is 1. The normalized spacial score (nSPS) is 20.8. The van der Waals surface area contributed by atoms with Crippen LogP contribution in [0.3, 0.4) is 0 Å². The molecule has 0 saturated carbocycles. The molecule has 3 unspecified atom stereocenters. The van der Waals surface area contributed by atoms with Gasteiger partial charge in [0.05, 0.1) is 11.7 Å². The van der Waals surface area contributed by atoms with Crippen molar-refractivity contribution in [3.05, 3.63) is 0 Å². The fourth-order valence-electron chi connectivity index (χ4n) is 1.40. The minimum atomic E-state index is -0.729. The van der Waals surface area contributed by atoms with Gasteiger partial charge in [-0.2, -0.15) is 0 Å². The third-order valence-electron chi connectivity index (χ3n) is 3.13. The first-order valence-corrected chi connectivity index (χ1v) is 5.36. The van der Waals surface area contributed by atoms with Gasteiger partial charge >= 0.3 is 0 Å². The maximum absolute atomic E-state index is 9.90. The molecule has 0 radical (unpaired) electrons. The monoisotopic (exact) mass is 188 g/mol. The van der Waals surface area contributed by atoms with Gasteiger partial charge in [-0.1, -0.05) is 33.6 Å². The van der Waals surface area contributed by atoms with E-state index in [0.717, 1.165) is 19.3 Å². The van der Waals surface area contributed by atoms with Gasteiger partial charge in [0.1, 0.15) is 0 Å². The van der Waals surface area contributed by atoms with Crippen molar-refractivity contribution in [2.24, 2.45) is 5.92 Å². The Kier molecular flexibility index (Phi) is 5.57. The van der Waals surface area contributed by atoms with E-state index in [-0.39, 0.29) is 12.0 Å². The Bertz CT molecular complexity index is 132. The Morgan fingerprint density at radius 2 is 1.85 bits per heavy atom. The van der Waals surface area contributed by atoms with Gasteiger partial charge in [0, 0.05) is 5.92 Å². The molecule has 0 amide bonds. The van der Waals surface area contributed by atoms with Gasteiger partial charge in [-0.15, -0.1) is 0 Å². The predicted octanol–water partition coefficient (Wildman–Crippen LogP) is 2.33. The van der Waals surface area contributed by atoms with Gasteiger partial charge in [0.15, 0.2) is 0 Å². The van der Waals surface area contributed by atoms with Crippen molar-refractivity contribution < 1.29 is 10.2 Å². The lowest BCUT2D eigenvalue weighted by molar-refractivity contribution is -0.0557. The van der Waals surface area contributed by atoms with Crippen molar-refractivity contribution in [3.63, 3.8) is 0 Å². The quantitative estimate of drug-likeness (QED) is 0.671. The highest BCUT2D eigenvalue weighted by Crippen LogP contribution is 2.25. The van der Waals surface area contributed by atoms with Crippen LogP contribution >= 0.6 is 0 Å². The molecule has 0 saturated heterocycles. The molecule has 0 fully saturated rings. The van der Waals surface area contributed by atoms with Crippen LogP contribution in [-0.4, -0.2) is 21.9 Å². The average Bonchev–Trinajstić information content (AvgIpc) is 2.12. The van der Waals surface area contributed by atoms with Crippen LogP contribution in [0, 0.1) is 5.92 Å². The molecule has 0 aromatic carbocycles. The van der Waals surface area contributed by atoms with E-state index in [1.807, 2.05) is 13.8 Å². The first-order valence-electron chi connectivity index (χ1n) is 5.36. The molecule has 2 heteroatoms. The molecular weight excluding hydrogens is 164 g/mol. The van der Waals surface area contributed by atoms with Crippen molar-refractivity contribution in [2.45, 2.75) is 65.1 Å². The molecular formula is C11H24O2. The molecule has 0 rings (SSSR count). The zero-order chi connectivity index (χ0) is 10.5. The smallest absolute Gasteiger partial charge is 0.0667 e. The van der Waals surface area contributed by atoms with Crippen molar-refractivity contribution in [1.82, 2.24) is 0 Å². The molecule has 0 heterocycles. The van der Waals surface area contributed by atoms with Crippen molar-refractivity contribution in [3.8, 4) is 0 Å². The van der Waals surface area contributed by atoms with Gasteiger partial charge in [-0.3, -0.25) is 0 Å². The molecule has 0 aliphatic rings. The largest absolute Gasteiger partial charge is 0.393 e. The first-order chi connectivity index (χ1) is 5.95. The van der Waals surface area contributed by atoms with Gasteiger partial charge in [-0.25, -0.2) is 0 Å². The summed E-state index contributed by atoms with van der Waals surface area (Å²) in [4.78, 5) is 0. The Morgan fingerprint density at radius 3 is 2.23 bits per heavy atom. The maximum atomic E-state index is 9.90. The summed E-state index contributed by atoms with van der Waals surface area (Å²) in [6.07, 6.45) is 3.25. The number of hydrogen-bond acceptors (Lipinski definition) is 2. The van der Waals surface area contributed by atoms with Crippen molar-refractivity contribution in [1.29, 1.82) is 0 Å². The minimum absolute atomic E-state index is 0.0379. The van der Waals surface area contributed by atoms with Crippen LogP contribution in [0.4, 0.5) is 0 Å². The van der Waals surface area contributed by atoms with Gasteiger partial charge < -0.3 is 10.2 Å². The summed E-state index contributed by atoms with van der Waals surface area (Å²) in [5.41, 5.74) is -0.729. The Balaban J connectivity index is 4.00. The van der Waals surface area contributed by atoms with E-state index >= 15 is 0 Å². The number of hydrogen-bond donors (Lipinski definition) is 2. The van der Waals surface area contributed by atoms with E-state index in [2.05, 4.69) is 6.92 Å². The molecule has 13 heavy (non-hydrogen) atoms. The van der Waals surface area contributed by atoms with Crippen LogP contribution in [0.5, 0.6) is 0 Å². The molecule has 2 N–H and O–H groups in total. The fourth-order valence-corrected chi connectivity index (χ4v) is 1.40. The van der Waals surface area contributed by atoms with Gasteiger partial charge in [0.25, 0.3) is 0 Å². The van der Waals surface area contributed by atoms with Crippen LogP contribution < -0.4 is 0 Å². The second-order valence-corrected chi connectivity index (χ2v) is 4.21.